The molecule has 2 aromatic rings. The molecule has 0 bridgehead atoms. The quantitative estimate of drug-likeness (QED) is 0.698. The van der Waals surface area contributed by atoms with Crippen LogP contribution >= 0.6 is 0 Å². The highest BCUT2D eigenvalue weighted by molar-refractivity contribution is 5.88. The van der Waals surface area contributed by atoms with Crippen molar-refractivity contribution >= 4 is 10.9 Å². The monoisotopic (exact) mass is 231 g/mol. The van der Waals surface area contributed by atoms with Crippen LogP contribution in [0.5, 0.6) is 0 Å². The SMILES string of the molecule is Cc1cc(F)cc2c3c([nH]c12)C(C)(C)CCC3. The Morgan fingerprint density at radius 2 is 2.06 bits per heavy atom. The maximum atomic E-state index is 13.5. The van der Waals surface area contributed by atoms with Gasteiger partial charge in [0.1, 0.15) is 5.82 Å². The molecule has 1 nitrogen and oxygen atoms in total. The molecule has 17 heavy (non-hydrogen) atoms. The first-order valence-electron chi connectivity index (χ1n) is 6.30. The van der Waals surface area contributed by atoms with Crippen molar-refractivity contribution in [3.8, 4) is 0 Å². The maximum absolute atomic E-state index is 13.5. The summed E-state index contributed by atoms with van der Waals surface area (Å²) in [6.45, 7) is 6.51. The molecule has 0 saturated carbocycles. The Hall–Kier alpha value is -1.31. The summed E-state index contributed by atoms with van der Waals surface area (Å²) in [6, 6.07) is 3.29. The number of aromatic nitrogens is 1. The highest BCUT2D eigenvalue weighted by Crippen LogP contribution is 2.40. The Labute approximate surface area is 101 Å². The van der Waals surface area contributed by atoms with Crippen LogP contribution in [0.2, 0.25) is 0 Å². The number of hydrogen-bond donors (Lipinski definition) is 1. The largest absolute Gasteiger partial charge is 0.357 e. The number of benzene rings is 1. The second-order valence-electron chi connectivity index (χ2n) is 5.86. The predicted molar refractivity (Wildman–Crippen MR) is 69.0 cm³/mol. The van der Waals surface area contributed by atoms with Gasteiger partial charge in [0.15, 0.2) is 0 Å². The molecular weight excluding hydrogens is 213 g/mol. The first-order valence-corrected chi connectivity index (χ1v) is 6.30. The zero-order valence-corrected chi connectivity index (χ0v) is 10.7. The minimum Gasteiger partial charge on any atom is -0.357 e. The van der Waals surface area contributed by atoms with E-state index < -0.39 is 0 Å². The third kappa shape index (κ3) is 1.50. The highest BCUT2D eigenvalue weighted by Gasteiger charge is 2.30. The molecule has 0 radical (unpaired) electrons. The average Bonchev–Trinajstić information content (AvgIpc) is 2.58. The first-order chi connectivity index (χ1) is 7.99. The Balaban J connectivity index is 2.38. The summed E-state index contributed by atoms with van der Waals surface area (Å²) in [6.07, 6.45) is 3.47. The summed E-state index contributed by atoms with van der Waals surface area (Å²) >= 11 is 0. The molecule has 1 aromatic heterocycles. The van der Waals surface area contributed by atoms with Crippen LogP contribution in [-0.4, -0.2) is 4.98 Å². The van der Waals surface area contributed by atoms with E-state index in [4.69, 9.17) is 0 Å². The third-order valence-electron chi connectivity index (χ3n) is 4.08. The van der Waals surface area contributed by atoms with Gasteiger partial charge < -0.3 is 4.98 Å². The van der Waals surface area contributed by atoms with Gasteiger partial charge in [0.05, 0.1) is 0 Å². The van der Waals surface area contributed by atoms with Crippen molar-refractivity contribution in [2.45, 2.75) is 45.4 Å². The fourth-order valence-corrected chi connectivity index (χ4v) is 3.15. The van der Waals surface area contributed by atoms with Crippen molar-refractivity contribution in [3.05, 3.63) is 34.8 Å². The number of fused-ring (bicyclic) bond motifs is 3. The van der Waals surface area contributed by atoms with Gasteiger partial charge in [-0.2, -0.15) is 0 Å². The van der Waals surface area contributed by atoms with E-state index in [1.807, 2.05) is 6.92 Å². The van der Waals surface area contributed by atoms with Crippen LogP contribution in [0.25, 0.3) is 10.9 Å². The van der Waals surface area contributed by atoms with Gasteiger partial charge in [-0.15, -0.1) is 0 Å². The minimum absolute atomic E-state index is 0.125. The lowest BCUT2D eigenvalue weighted by Crippen LogP contribution is -2.23. The Morgan fingerprint density at radius 3 is 2.82 bits per heavy atom. The second-order valence-corrected chi connectivity index (χ2v) is 5.86. The van der Waals surface area contributed by atoms with E-state index in [1.165, 1.54) is 24.1 Å². The molecule has 90 valence electrons. The number of hydrogen-bond acceptors (Lipinski definition) is 0. The Morgan fingerprint density at radius 1 is 1.29 bits per heavy atom. The summed E-state index contributed by atoms with van der Waals surface area (Å²) in [5.74, 6) is -0.125. The molecule has 1 aromatic carbocycles. The fraction of sp³-hybridized carbons (Fsp3) is 0.467. The standard InChI is InChI=1S/C15H18FN/c1-9-7-10(16)8-12-11-5-4-6-15(2,3)14(11)17-13(9)12/h7-8,17H,4-6H2,1-3H3. The lowest BCUT2D eigenvalue weighted by atomic mass is 9.76. The van der Waals surface area contributed by atoms with Gasteiger partial charge in [0.2, 0.25) is 0 Å². The van der Waals surface area contributed by atoms with Crippen molar-refractivity contribution in [3.63, 3.8) is 0 Å². The summed E-state index contributed by atoms with van der Waals surface area (Å²) in [5.41, 5.74) is 4.96. The summed E-state index contributed by atoms with van der Waals surface area (Å²) in [7, 11) is 0. The normalized spacial score (nSPS) is 18.4. The number of H-pyrrole nitrogens is 1. The van der Waals surface area contributed by atoms with E-state index in [1.54, 1.807) is 12.1 Å². The number of halogens is 1. The van der Waals surface area contributed by atoms with Crippen LogP contribution < -0.4 is 0 Å². The molecule has 0 aliphatic heterocycles. The van der Waals surface area contributed by atoms with Gasteiger partial charge in [-0.25, -0.2) is 4.39 Å². The summed E-state index contributed by atoms with van der Waals surface area (Å²) in [4.78, 5) is 3.54. The smallest absolute Gasteiger partial charge is 0.124 e. The van der Waals surface area contributed by atoms with E-state index in [0.717, 1.165) is 22.9 Å². The number of aryl methyl sites for hydroxylation is 2. The number of rotatable bonds is 0. The average molecular weight is 231 g/mol. The predicted octanol–water partition coefficient (Wildman–Crippen LogP) is 4.23. The molecule has 0 saturated heterocycles. The fourth-order valence-electron chi connectivity index (χ4n) is 3.15. The van der Waals surface area contributed by atoms with Crippen LogP contribution in [0, 0.1) is 12.7 Å². The van der Waals surface area contributed by atoms with Crippen LogP contribution in [0.3, 0.4) is 0 Å². The number of nitrogens with one attached hydrogen (secondary N) is 1. The van der Waals surface area contributed by atoms with E-state index in [-0.39, 0.29) is 11.2 Å². The molecule has 0 amide bonds. The van der Waals surface area contributed by atoms with Gasteiger partial charge in [0, 0.05) is 22.0 Å². The van der Waals surface area contributed by atoms with Gasteiger partial charge >= 0.3 is 0 Å². The third-order valence-corrected chi connectivity index (χ3v) is 4.08. The van der Waals surface area contributed by atoms with Crippen LogP contribution in [0.1, 0.15) is 43.5 Å². The maximum Gasteiger partial charge on any atom is 0.124 e. The number of aromatic amines is 1. The minimum atomic E-state index is -0.125. The molecule has 0 fully saturated rings. The molecule has 1 heterocycles. The van der Waals surface area contributed by atoms with Crippen LogP contribution in [0.4, 0.5) is 4.39 Å². The molecule has 1 aliphatic rings. The van der Waals surface area contributed by atoms with E-state index in [2.05, 4.69) is 18.8 Å². The topological polar surface area (TPSA) is 15.8 Å². The zero-order valence-electron chi connectivity index (χ0n) is 10.7. The Bertz CT molecular complexity index is 592. The highest BCUT2D eigenvalue weighted by atomic mass is 19.1. The van der Waals surface area contributed by atoms with Crippen molar-refractivity contribution in [2.75, 3.05) is 0 Å². The second kappa shape index (κ2) is 3.34. The van der Waals surface area contributed by atoms with Gasteiger partial charge in [0.25, 0.3) is 0 Å². The van der Waals surface area contributed by atoms with Crippen molar-refractivity contribution in [1.29, 1.82) is 0 Å². The van der Waals surface area contributed by atoms with Gasteiger partial charge in [-0.05, 0) is 49.4 Å². The first kappa shape index (κ1) is 10.8. The molecule has 0 unspecified atom stereocenters. The van der Waals surface area contributed by atoms with Gasteiger partial charge in [-0.1, -0.05) is 13.8 Å². The summed E-state index contributed by atoms with van der Waals surface area (Å²) in [5, 5.41) is 1.09. The molecule has 2 heteroatoms. The van der Waals surface area contributed by atoms with Crippen LogP contribution in [-0.2, 0) is 11.8 Å². The van der Waals surface area contributed by atoms with Crippen LogP contribution in [0.15, 0.2) is 12.1 Å². The Kier molecular flexibility index (Phi) is 2.13. The molecule has 0 atom stereocenters. The zero-order chi connectivity index (χ0) is 12.2. The molecular formula is C15H18FN. The van der Waals surface area contributed by atoms with Crippen molar-refractivity contribution in [1.82, 2.24) is 4.98 Å². The molecule has 1 N–H and O–H groups in total. The van der Waals surface area contributed by atoms with Crippen molar-refractivity contribution in [2.24, 2.45) is 0 Å². The van der Waals surface area contributed by atoms with Crippen molar-refractivity contribution < 1.29 is 4.39 Å². The lowest BCUT2D eigenvalue weighted by molar-refractivity contribution is 0.423. The van der Waals surface area contributed by atoms with E-state index in [9.17, 15) is 4.39 Å². The molecule has 1 aliphatic carbocycles. The molecule has 3 rings (SSSR count). The van der Waals surface area contributed by atoms with E-state index in [0.29, 0.717) is 0 Å². The lowest BCUT2D eigenvalue weighted by Gasteiger charge is -2.29. The van der Waals surface area contributed by atoms with Gasteiger partial charge in [-0.3, -0.25) is 0 Å². The summed E-state index contributed by atoms with van der Waals surface area (Å²) < 4.78 is 13.5. The molecule has 0 spiro atoms. The van der Waals surface area contributed by atoms with E-state index >= 15 is 0 Å².